The van der Waals surface area contributed by atoms with Gasteiger partial charge in [0.2, 0.25) is 0 Å². The van der Waals surface area contributed by atoms with Gasteiger partial charge in [0.1, 0.15) is 5.52 Å². The molecule has 0 bridgehead atoms. The molecule has 0 aliphatic heterocycles. The van der Waals surface area contributed by atoms with Gasteiger partial charge >= 0.3 is 5.63 Å². The quantitative estimate of drug-likeness (QED) is 0.535. The SMILES string of the molecule is COc1c(O)c2nccc(C)c2c2oc(=O)ccc12. The van der Waals surface area contributed by atoms with Crippen molar-refractivity contribution in [2.24, 2.45) is 0 Å². The highest BCUT2D eigenvalue weighted by Gasteiger charge is 2.18. The van der Waals surface area contributed by atoms with Crippen LogP contribution < -0.4 is 10.4 Å². The van der Waals surface area contributed by atoms with E-state index in [-0.39, 0.29) is 11.5 Å². The van der Waals surface area contributed by atoms with Crippen molar-refractivity contribution >= 4 is 21.9 Å². The van der Waals surface area contributed by atoms with Gasteiger partial charge in [-0.05, 0) is 24.6 Å². The summed E-state index contributed by atoms with van der Waals surface area (Å²) in [6.07, 6.45) is 1.59. The van der Waals surface area contributed by atoms with Crippen LogP contribution in [0.15, 0.2) is 33.6 Å². The zero-order chi connectivity index (χ0) is 13.6. The fourth-order valence-corrected chi connectivity index (χ4v) is 2.25. The number of rotatable bonds is 1. The summed E-state index contributed by atoms with van der Waals surface area (Å²) in [5.74, 6) is 0.201. The molecule has 1 N–H and O–H groups in total. The van der Waals surface area contributed by atoms with Crippen molar-refractivity contribution in [1.82, 2.24) is 4.98 Å². The molecular formula is C14H11NO4. The third-order valence-corrected chi connectivity index (χ3v) is 3.11. The Balaban J connectivity index is 2.71. The number of ether oxygens (including phenoxy) is 1. The Hall–Kier alpha value is -2.56. The number of pyridine rings is 1. The Labute approximate surface area is 108 Å². The first-order valence-electron chi connectivity index (χ1n) is 5.71. The molecule has 0 aliphatic rings. The molecule has 0 unspecified atom stereocenters. The lowest BCUT2D eigenvalue weighted by molar-refractivity contribution is 0.379. The number of methoxy groups -OCH3 is 1. The maximum Gasteiger partial charge on any atom is 0.336 e. The molecule has 0 amide bonds. The number of aromatic nitrogens is 1. The molecule has 2 heterocycles. The van der Waals surface area contributed by atoms with Crippen LogP contribution in [0.5, 0.6) is 11.5 Å². The molecule has 19 heavy (non-hydrogen) atoms. The highest BCUT2D eigenvalue weighted by molar-refractivity contribution is 6.10. The average Bonchev–Trinajstić information content (AvgIpc) is 2.40. The van der Waals surface area contributed by atoms with E-state index in [1.807, 2.05) is 6.92 Å². The number of phenolic OH excluding ortho intramolecular Hbond substituents is 1. The fraction of sp³-hybridized carbons (Fsp3) is 0.143. The number of nitrogens with zero attached hydrogens (tertiary/aromatic N) is 1. The first-order valence-corrected chi connectivity index (χ1v) is 5.71. The first-order chi connectivity index (χ1) is 9.13. The van der Waals surface area contributed by atoms with E-state index in [2.05, 4.69) is 4.98 Å². The summed E-state index contributed by atoms with van der Waals surface area (Å²) in [5.41, 5.74) is 1.15. The number of aryl methyl sites for hydroxylation is 1. The van der Waals surface area contributed by atoms with Crippen LogP contribution in [-0.2, 0) is 0 Å². The van der Waals surface area contributed by atoms with Gasteiger partial charge in [0, 0.05) is 12.3 Å². The van der Waals surface area contributed by atoms with Crippen LogP contribution in [0, 0.1) is 6.92 Å². The van der Waals surface area contributed by atoms with Gasteiger partial charge < -0.3 is 14.3 Å². The van der Waals surface area contributed by atoms with Crippen LogP contribution in [0.3, 0.4) is 0 Å². The van der Waals surface area contributed by atoms with Crippen molar-refractivity contribution in [2.75, 3.05) is 7.11 Å². The lowest BCUT2D eigenvalue weighted by atomic mass is 10.1. The zero-order valence-corrected chi connectivity index (χ0v) is 10.4. The zero-order valence-electron chi connectivity index (χ0n) is 10.4. The number of hydrogen-bond donors (Lipinski definition) is 1. The summed E-state index contributed by atoms with van der Waals surface area (Å²) in [6, 6.07) is 4.66. The maximum atomic E-state index is 11.4. The molecule has 0 aliphatic carbocycles. The van der Waals surface area contributed by atoms with Gasteiger partial charge in [0.15, 0.2) is 17.1 Å². The molecule has 1 aromatic carbocycles. The Morgan fingerprint density at radius 1 is 1.32 bits per heavy atom. The van der Waals surface area contributed by atoms with E-state index >= 15 is 0 Å². The van der Waals surface area contributed by atoms with Gasteiger partial charge in [0.25, 0.3) is 0 Å². The molecule has 0 radical (unpaired) electrons. The summed E-state index contributed by atoms with van der Waals surface area (Å²) >= 11 is 0. The minimum absolute atomic E-state index is 0.0532. The molecule has 0 saturated carbocycles. The molecule has 3 aromatic rings. The first kappa shape index (κ1) is 11.5. The lowest BCUT2D eigenvalue weighted by Crippen LogP contribution is -1.98. The predicted octanol–water partition coefficient (Wildman–Crippen LogP) is 2.36. The van der Waals surface area contributed by atoms with Crippen LogP contribution in [0.2, 0.25) is 0 Å². The molecule has 5 nitrogen and oxygen atoms in total. The number of benzene rings is 1. The second kappa shape index (κ2) is 3.98. The minimum Gasteiger partial charge on any atom is -0.503 e. The Bertz CT molecular complexity index is 851. The number of fused-ring (bicyclic) bond motifs is 3. The minimum atomic E-state index is -0.454. The van der Waals surface area contributed by atoms with Crippen LogP contribution in [0.4, 0.5) is 0 Å². The topological polar surface area (TPSA) is 72.6 Å². The van der Waals surface area contributed by atoms with Gasteiger partial charge in [-0.2, -0.15) is 0 Å². The molecular weight excluding hydrogens is 246 g/mol. The summed E-state index contributed by atoms with van der Waals surface area (Å²) < 4.78 is 10.5. The van der Waals surface area contributed by atoms with Gasteiger partial charge in [-0.25, -0.2) is 4.79 Å². The van der Waals surface area contributed by atoms with Gasteiger partial charge in [-0.3, -0.25) is 4.98 Å². The van der Waals surface area contributed by atoms with E-state index in [0.29, 0.717) is 21.9 Å². The fourth-order valence-electron chi connectivity index (χ4n) is 2.25. The summed E-state index contributed by atoms with van der Waals surface area (Å²) in [6.45, 7) is 1.86. The Morgan fingerprint density at radius 2 is 2.11 bits per heavy atom. The molecule has 96 valence electrons. The highest BCUT2D eigenvalue weighted by atomic mass is 16.5. The molecule has 0 spiro atoms. The Morgan fingerprint density at radius 3 is 2.84 bits per heavy atom. The van der Waals surface area contributed by atoms with Crippen molar-refractivity contribution < 1.29 is 14.3 Å². The van der Waals surface area contributed by atoms with E-state index < -0.39 is 5.63 Å². The molecule has 0 saturated heterocycles. The third-order valence-electron chi connectivity index (χ3n) is 3.11. The molecule has 0 fully saturated rings. The van der Waals surface area contributed by atoms with E-state index in [1.165, 1.54) is 13.2 Å². The lowest BCUT2D eigenvalue weighted by Gasteiger charge is -2.11. The van der Waals surface area contributed by atoms with Gasteiger partial charge in [0.05, 0.1) is 17.9 Å². The monoisotopic (exact) mass is 257 g/mol. The van der Waals surface area contributed by atoms with E-state index in [0.717, 1.165) is 5.56 Å². The van der Waals surface area contributed by atoms with Crippen LogP contribution in [-0.4, -0.2) is 17.2 Å². The molecule has 5 heteroatoms. The largest absolute Gasteiger partial charge is 0.503 e. The van der Waals surface area contributed by atoms with E-state index in [1.54, 1.807) is 18.3 Å². The summed E-state index contributed by atoms with van der Waals surface area (Å²) in [5, 5.41) is 11.4. The second-order valence-corrected chi connectivity index (χ2v) is 4.23. The predicted molar refractivity (Wildman–Crippen MR) is 70.7 cm³/mol. The van der Waals surface area contributed by atoms with Gasteiger partial charge in [-0.15, -0.1) is 0 Å². The van der Waals surface area contributed by atoms with Crippen molar-refractivity contribution in [3.05, 3.63) is 40.4 Å². The maximum absolute atomic E-state index is 11.4. The van der Waals surface area contributed by atoms with Crippen molar-refractivity contribution in [3.63, 3.8) is 0 Å². The second-order valence-electron chi connectivity index (χ2n) is 4.23. The molecule has 3 rings (SSSR count). The van der Waals surface area contributed by atoms with Crippen LogP contribution in [0.25, 0.3) is 21.9 Å². The molecule has 0 atom stereocenters. The van der Waals surface area contributed by atoms with Crippen molar-refractivity contribution in [3.8, 4) is 11.5 Å². The number of aromatic hydroxyl groups is 1. The average molecular weight is 257 g/mol. The van der Waals surface area contributed by atoms with Crippen LogP contribution >= 0.6 is 0 Å². The highest BCUT2D eigenvalue weighted by Crippen LogP contribution is 2.41. The summed E-state index contributed by atoms with van der Waals surface area (Å²) in [4.78, 5) is 15.6. The standard InChI is InChI=1S/C14H11NO4/c1-7-5-6-15-11-10(7)13-8(3-4-9(16)19-13)14(18-2)12(11)17/h3-6,17H,1-2H3. The van der Waals surface area contributed by atoms with Crippen molar-refractivity contribution in [2.45, 2.75) is 6.92 Å². The normalized spacial score (nSPS) is 11.1. The van der Waals surface area contributed by atoms with E-state index in [4.69, 9.17) is 9.15 Å². The van der Waals surface area contributed by atoms with Crippen LogP contribution in [0.1, 0.15) is 5.56 Å². The molecule has 2 aromatic heterocycles. The smallest absolute Gasteiger partial charge is 0.336 e. The number of phenols is 1. The van der Waals surface area contributed by atoms with E-state index in [9.17, 15) is 9.90 Å². The van der Waals surface area contributed by atoms with Gasteiger partial charge in [-0.1, -0.05) is 0 Å². The van der Waals surface area contributed by atoms with Crippen molar-refractivity contribution in [1.29, 1.82) is 0 Å². The number of hydrogen-bond acceptors (Lipinski definition) is 5. The Kier molecular flexibility index (Phi) is 2.41. The summed E-state index contributed by atoms with van der Waals surface area (Å²) in [7, 11) is 1.45. The third kappa shape index (κ3) is 1.55.